The van der Waals surface area contributed by atoms with Gasteiger partial charge in [0.15, 0.2) is 0 Å². The van der Waals surface area contributed by atoms with Crippen LogP contribution in [0, 0.1) is 45.6 Å². The van der Waals surface area contributed by atoms with E-state index < -0.39 is 4.92 Å². The Bertz CT molecular complexity index is 937. The summed E-state index contributed by atoms with van der Waals surface area (Å²) in [5.74, 6) is 16.6. The highest BCUT2D eigenvalue weighted by Gasteiger charge is 2.02. The van der Waals surface area contributed by atoms with Crippen molar-refractivity contribution in [2.45, 2.75) is 13.8 Å². The van der Waals surface area contributed by atoms with Gasteiger partial charge in [0.1, 0.15) is 0 Å². The molecule has 26 heavy (non-hydrogen) atoms. The van der Waals surface area contributed by atoms with Gasteiger partial charge in [0, 0.05) is 42.0 Å². The van der Waals surface area contributed by atoms with Crippen LogP contribution in [0.15, 0.2) is 48.5 Å². The summed E-state index contributed by atoms with van der Waals surface area (Å²) < 4.78 is 0. The van der Waals surface area contributed by atoms with E-state index in [2.05, 4.69) is 66.4 Å². The number of rotatable bonds is 4. The van der Waals surface area contributed by atoms with Crippen LogP contribution in [0.2, 0.25) is 0 Å². The molecule has 0 saturated heterocycles. The molecule has 2 aromatic rings. The van der Waals surface area contributed by atoms with Gasteiger partial charge in [-0.25, -0.2) is 0 Å². The zero-order chi connectivity index (χ0) is 18.8. The molecular formula is C22H18N2O2. The zero-order valence-corrected chi connectivity index (χ0v) is 14.7. The van der Waals surface area contributed by atoms with E-state index in [0.717, 1.165) is 18.7 Å². The van der Waals surface area contributed by atoms with Crippen molar-refractivity contribution >= 4 is 11.4 Å². The minimum atomic E-state index is -0.443. The van der Waals surface area contributed by atoms with Crippen molar-refractivity contribution < 1.29 is 4.92 Å². The van der Waals surface area contributed by atoms with E-state index in [1.165, 1.54) is 17.8 Å². The number of nitro groups is 1. The van der Waals surface area contributed by atoms with Crippen molar-refractivity contribution in [3.05, 3.63) is 69.8 Å². The Balaban J connectivity index is 1.98. The smallest absolute Gasteiger partial charge is 0.269 e. The lowest BCUT2D eigenvalue weighted by Crippen LogP contribution is -2.21. The van der Waals surface area contributed by atoms with Crippen molar-refractivity contribution in [3.8, 4) is 35.5 Å². The minimum absolute atomic E-state index is 0.0412. The molecule has 4 nitrogen and oxygen atoms in total. The summed E-state index contributed by atoms with van der Waals surface area (Å²) in [6, 6.07) is 14.1. The van der Waals surface area contributed by atoms with E-state index in [9.17, 15) is 10.1 Å². The number of non-ortho nitro benzene ring substituents is 1. The van der Waals surface area contributed by atoms with Crippen molar-refractivity contribution in [1.82, 2.24) is 0 Å². The van der Waals surface area contributed by atoms with Crippen LogP contribution in [0.25, 0.3) is 0 Å². The summed E-state index contributed by atoms with van der Waals surface area (Å²) >= 11 is 0. The van der Waals surface area contributed by atoms with Crippen LogP contribution >= 0.6 is 0 Å². The molecular weight excluding hydrogens is 324 g/mol. The Hall–Kier alpha value is -3.68. The Morgan fingerprint density at radius 1 is 0.808 bits per heavy atom. The first kappa shape index (κ1) is 18.7. The third-order valence-corrected chi connectivity index (χ3v) is 3.68. The first-order valence-corrected chi connectivity index (χ1v) is 8.25. The average Bonchev–Trinajstić information content (AvgIpc) is 2.67. The second kappa shape index (κ2) is 9.58. The maximum atomic E-state index is 10.6. The van der Waals surface area contributed by atoms with E-state index in [1.54, 1.807) is 12.1 Å². The monoisotopic (exact) mass is 342 g/mol. The van der Waals surface area contributed by atoms with Gasteiger partial charge in [-0.2, -0.15) is 0 Å². The number of anilines is 1. The van der Waals surface area contributed by atoms with Crippen LogP contribution < -0.4 is 4.90 Å². The quantitative estimate of drug-likeness (QED) is 0.482. The molecule has 0 saturated carbocycles. The van der Waals surface area contributed by atoms with Gasteiger partial charge < -0.3 is 4.90 Å². The molecule has 4 heteroatoms. The molecule has 0 aromatic heterocycles. The van der Waals surface area contributed by atoms with Gasteiger partial charge in [-0.05, 0) is 73.9 Å². The number of nitro benzene ring substituents is 1. The molecule has 0 aliphatic carbocycles. The number of hydrogen-bond acceptors (Lipinski definition) is 3. The average molecular weight is 342 g/mol. The van der Waals surface area contributed by atoms with Gasteiger partial charge in [0.05, 0.1) is 4.92 Å². The number of hydrogen-bond donors (Lipinski definition) is 0. The molecule has 2 rings (SSSR count). The van der Waals surface area contributed by atoms with Crippen LogP contribution in [0.4, 0.5) is 11.4 Å². The molecule has 0 aliphatic rings. The third-order valence-electron chi connectivity index (χ3n) is 3.68. The molecule has 0 bridgehead atoms. The lowest BCUT2D eigenvalue weighted by molar-refractivity contribution is -0.384. The maximum Gasteiger partial charge on any atom is 0.269 e. The molecule has 0 heterocycles. The van der Waals surface area contributed by atoms with Gasteiger partial charge in [0.2, 0.25) is 0 Å². The van der Waals surface area contributed by atoms with Crippen LogP contribution in [0.5, 0.6) is 0 Å². The first-order valence-electron chi connectivity index (χ1n) is 8.25. The largest absolute Gasteiger partial charge is 0.372 e. The van der Waals surface area contributed by atoms with Gasteiger partial charge in [-0.15, -0.1) is 0 Å². The Kier molecular flexibility index (Phi) is 6.87. The van der Waals surface area contributed by atoms with Crippen molar-refractivity contribution in [3.63, 3.8) is 0 Å². The predicted molar refractivity (Wildman–Crippen MR) is 105 cm³/mol. The van der Waals surface area contributed by atoms with Crippen LogP contribution in [0.1, 0.15) is 25.0 Å². The second-order valence-corrected chi connectivity index (χ2v) is 5.27. The highest BCUT2D eigenvalue weighted by Crippen LogP contribution is 2.14. The Morgan fingerprint density at radius 3 is 1.69 bits per heavy atom. The van der Waals surface area contributed by atoms with E-state index in [1.807, 2.05) is 12.1 Å². The van der Waals surface area contributed by atoms with Crippen LogP contribution in [-0.2, 0) is 0 Å². The van der Waals surface area contributed by atoms with E-state index in [0.29, 0.717) is 5.56 Å². The molecule has 0 fully saturated rings. The molecule has 0 radical (unpaired) electrons. The SMILES string of the molecule is CCN(CC)c1ccc(C#CC#CC#Cc2ccc([N+](=O)[O-])cc2)cc1. The Morgan fingerprint density at radius 2 is 1.27 bits per heavy atom. The highest BCUT2D eigenvalue weighted by atomic mass is 16.6. The maximum absolute atomic E-state index is 10.6. The van der Waals surface area contributed by atoms with E-state index in [4.69, 9.17) is 0 Å². The summed E-state index contributed by atoms with van der Waals surface area (Å²) in [5.41, 5.74) is 2.79. The van der Waals surface area contributed by atoms with Gasteiger partial charge in [0.25, 0.3) is 5.69 Å². The molecule has 2 aromatic carbocycles. The summed E-state index contributed by atoms with van der Waals surface area (Å²) in [6.45, 7) is 6.20. The standard InChI is InChI=1S/C22H18N2O2/c1-3-23(4-2)21-15-11-19(12-16-21)9-7-5-6-8-10-20-13-17-22(18-14-20)24(25)26/h11-18H,3-4H2,1-2H3. The van der Waals surface area contributed by atoms with Gasteiger partial charge >= 0.3 is 0 Å². The van der Waals surface area contributed by atoms with Gasteiger partial charge in [-0.1, -0.05) is 11.8 Å². The van der Waals surface area contributed by atoms with Crippen molar-refractivity contribution in [2.24, 2.45) is 0 Å². The van der Waals surface area contributed by atoms with Crippen LogP contribution in [0.3, 0.4) is 0 Å². The molecule has 0 atom stereocenters. The summed E-state index contributed by atoms with van der Waals surface area (Å²) in [7, 11) is 0. The van der Waals surface area contributed by atoms with Crippen LogP contribution in [-0.4, -0.2) is 18.0 Å². The molecule has 128 valence electrons. The molecule has 0 N–H and O–H groups in total. The normalized spacial score (nSPS) is 8.85. The number of benzene rings is 2. The summed E-state index contributed by atoms with van der Waals surface area (Å²) in [6.07, 6.45) is 0. The minimum Gasteiger partial charge on any atom is -0.372 e. The predicted octanol–water partition coefficient (Wildman–Crippen LogP) is 3.85. The second-order valence-electron chi connectivity index (χ2n) is 5.27. The van der Waals surface area contributed by atoms with Crippen molar-refractivity contribution in [2.75, 3.05) is 18.0 Å². The molecule has 0 aliphatic heterocycles. The third kappa shape index (κ3) is 5.45. The fourth-order valence-corrected chi connectivity index (χ4v) is 2.28. The molecule has 0 unspecified atom stereocenters. The fraction of sp³-hybridized carbons (Fsp3) is 0.182. The summed E-state index contributed by atoms with van der Waals surface area (Å²) in [4.78, 5) is 12.4. The van der Waals surface area contributed by atoms with E-state index >= 15 is 0 Å². The molecule has 0 spiro atoms. The lowest BCUT2D eigenvalue weighted by atomic mass is 10.2. The van der Waals surface area contributed by atoms with Gasteiger partial charge in [-0.3, -0.25) is 10.1 Å². The first-order chi connectivity index (χ1) is 12.6. The number of nitrogens with zero attached hydrogens (tertiary/aromatic N) is 2. The van der Waals surface area contributed by atoms with E-state index in [-0.39, 0.29) is 5.69 Å². The summed E-state index contributed by atoms with van der Waals surface area (Å²) in [5, 5.41) is 10.6. The fourth-order valence-electron chi connectivity index (χ4n) is 2.28. The van der Waals surface area contributed by atoms with Crippen molar-refractivity contribution in [1.29, 1.82) is 0 Å². The zero-order valence-electron chi connectivity index (χ0n) is 14.7. The highest BCUT2D eigenvalue weighted by molar-refractivity contribution is 5.52. The Labute approximate surface area is 154 Å². The topological polar surface area (TPSA) is 46.4 Å². The molecule has 0 amide bonds. The lowest BCUT2D eigenvalue weighted by Gasteiger charge is -2.20.